The van der Waals surface area contributed by atoms with Gasteiger partial charge in [0.25, 0.3) is 0 Å². The summed E-state index contributed by atoms with van der Waals surface area (Å²) in [5.41, 5.74) is 1.78. The number of furan rings is 1. The highest BCUT2D eigenvalue weighted by Crippen LogP contribution is 2.25. The molecule has 132 valence electrons. The SMILES string of the molecule is CN(CCCNc1cc(=O)c2ccccc2[nH]1)c1cc2ccccc2o1. The molecular formula is C21H21N3O2. The molecule has 2 heterocycles. The van der Waals surface area contributed by atoms with Crippen molar-refractivity contribution in [3.63, 3.8) is 0 Å². The molecule has 0 bridgehead atoms. The van der Waals surface area contributed by atoms with Crippen LogP contribution in [0, 0.1) is 0 Å². The molecule has 5 nitrogen and oxygen atoms in total. The molecule has 0 atom stereocenters. The fraction of sp³-hybridized carbons (Fsp3) is 0.190. The molecule has 0 aliphatic heterocycles. The zero-order valence-electron chi connectivity index (χ0n) is 14.7. The molecule has 0 aliphatic carbocycles. The lowest BCUT2D eigenvalue weighted by Gasteiger charge is -2.16. The first kappa shape index (κ1) is 16.3. The fourth-order valence-electron chi connectivity index (χ4n) is 3.10. The lowest BCUT2D eigenvalue weighted by molar-refractivity contribution is 0.593. The summed E-state index contributed by atoms with van der Waals surface area (Å²) in [6, 6.07) is 19.2. The molecule has 0 radical (unpaired) electrons. The van der Waals surface area contributed by atoms with Gasteiger partial charge in [0.15, 0.2) is 11.3 Å². The van der Waals surface area contributed by atoms with Gasteiger partial charge in [0.1, 0.15) is 11.4 Å². The molecule has 4 rings (SSSR count). The maximum atomic E-state index is 12.1. The molecule has 0 saturated carbocycles. The molecule has 0 aliphatic rings. The van der Waals surface area contributed by atoms with Crippen molar-refractivity contribution in [3.05, 3.63) is 70.9 Å². The van der Waals surface area contributed by atoms with E-state index in [1.54, 1.807) is 6.07 Å². The number of aromatic amines is 1. The fourth-order valence-corrected chi connectivity index (χ4v) is 3.10. The van der Waals surface area contributed by atoms with Crippen molar-refractivity contribution in [2.45, 2.75) is 6.42 Å². The summed E-state index contributed by atoms with van der Waals surface area (Å²) in [5, 5.41) is 5.12. The predicted molar refractivity (Wildman–Crippen MR) is 107 cm³/mol. The van der Waals surface area contributed by atoms with Crippen LogP contribution in [0.25, 0.3) is 21.9 Å². The highest BCUT2D eigenvalue weighted by atomic mass is 16.4. The average molecular weight is 347 g/mol. The highest BCUT2D eigenvalue weighted by molar-refractivity contribution is 5.81. The van der Waals surface area contributed by atoms with Crippen LogP contribution in [0.1, 0.15) is 6.42 Å². The zero-order valence-corrected chi connectivity index (χ0v) is 14.7. The summed E-state index contributed by atoms with van der Waals surface area (Å²) in [4.78, 5) is 17.5. The normalized spacial score (nSPS) is 11.1. The van der Waals surface area contributed by atoms with Gasteiger partial charge in [-0.3, -0.25) is 4.79 Å². The summed E-state index contributed by atoms with van der Waals surface area (Å²) < 4.78 is 5.87. The Bertz CT molecular complexity index is 1060. The number of fused-ring (bicyclic) bond motifs is 2. The van der Waals surface area contributed by atoms with Crippen LogP contribution >= 0.6 is 0 Å². The van der Waals surface area contributed by atoms with Crippen LogP contribution in [0.15, 0.2) is 69.9 Å². The third-order valence-electron chi connectivity index (χ3n) is 4.51. The van der Waals surface area contributed by atoms with E-state index in [4.69, 9.17) is 4.42 Å². The number of para-hydroxylation sites is 2. The maximum Gasteiger partial charge on any atom is 0.196 e. The Labute approximate surface area is 151 Å². The van der Waals surface area contributed by atoms with Crippen molar-refractivity contribution in [1.82, 2.24) is 4.98 Å². The Morgan fingerprint density at radius 2 is 1.88 bits per heavy atom. The molecule has 5 heteroatoms. The number of H-pyrrole nitrogens is 1. The summed E-state index contributed by atoms with van der Waals surface area (Å²) in [5.74, 6) is 1.62. The van der Waals surface area contributed by atoms with Crippen molar-refractivity contribution in [2.75, 3.05) is 30.4 Å². The van der Waals surface area contributed by atoms with Gasteiger partial charge in [-0.2, -0.15) is 0 Å². The Kier molecular flexibility index (Phi) is 4.35. The maximum absolute atomic E-state index is 12.1. The topological polar surface area (TPSA) is 61.3 Å². The third-order valence-corrected chi connectivity index (χ3v) is 4.51. The van der Waals surface area contributed by atoms with E-state index in [1.807, 2.05) is 55.6 Å². The van der Waals surface area contributed by atoms with Gasteiger partial charge in [-0.1, -0.05) is 30.3 Å². The van der Waals surface area contributed by atoms with Gasteiger partial charge in [-0.25, -0.2) is 0 Å². The van der Waals surface area contributed by atoms with E-state index < -0.39 is 0 Å². The van der Waals surface area contributed by atoms with Crippen LogP contribution in [0.4, 0.5) is 11.7 Å². The summed E-state index contributed by atoms with van der Waals surface area (Å²) >= 11 is 0. The van der Waals surface area contributed by atoms with E-state index in [0.29, 0.717) is 5.39 Å². The number of aromatic nitrogens is 1. The quantitative estimate of drug-likeness (QED) is 0.513. The average Bonchev–Trinajstić information content (AvgIpc) is 3.09. The van der Waals surface area contributed by atoms with Crippen molar-refractivity contribution in [3.8, 4) is 0 Å². The Morgan fingerprint density at radius 3 is 2.77 bits per heavy atom. The number of rotatable bonds is 6. The van der Waals surface area contributed by atoms with Crippen molar-refractivity contribution >= 4 is 33.6 Å². The molecule has 0 amide bonds. The molecule has 2 aromatic heterocycles. The number of hydrogen-bond donors (Lipinski definition) is 2. The lowest BCUT2D eigenvalue weighted by Crippen LogP contribution is -2.20. The van der Waals surface area contributed by atoms with Crippen LogP contribution < -0.4 is 15.6 Å². The first-order chi connectivity index (χ1) is 12.7. The second kappa shape index (κ2) is 6.96. The monoisotopic (exact) mass is 347 g/mol. The molecule has 0 saturated heterocycles. The lowest BCUT2D eigenvalue weighted by atomic mass is 10.2. The van der Waals surface area contributed by atoms with Gasteiger partial charge in [0, 0.05) is 43.0 Å². The molecule has 2 aromatic carbocycles. The Balaban J connectivity index is 1.35. The molecular weight excluding hydrogens is 326 g/mol. The van der Waals surface area contributed by atoms with Gasteiger partial charge in [-0.15, -0.1) is 0 Å². The van der Waals surface area contributed by atoms with Crippen molar-refractivity contribution in [1.29, 1.82) is 0 Å². The van der Waals surface area contributed by atoms with Crippen molar-refractivity contribution in [2.24, 2.45) is 0 Å². The van der Waals surface area contributed by atoms with Crippen LogP contribution in [0.2, 0.25) is 0 Å². The number of pyridine rings is 1. The minimum Gasteiger partial charge on any atom is -0.441 e. The standard InChI is InChI=1S/C21H21N3O2/c1-24(21-13-15-7-2-5-10-19(15)26-21)12-6-11-22-20-14-18(25)16-8-3-4-9-17(16)23-20/h2-5,7-10,13-14H,6,11-12H2,1H3,(H2,22,23,25). The minimum absolute atomic E-state index is 0.0289. The van der Waals surface area contributed by atoms with E-state index in [-0.39, 0.29) is 5.43 Å². The van der Waals surface area contributed by atoms with Crippen LogP contribution in [-0.4, -0.2) is 25.1 Å². The van der Waals surface area contributed by atoms with E-state index in [2.05, 4.69) is 21.3 Å². The van der Waals surface area contributed by atoms with E-state index >= 15 is 0 Å². The first-order valence-electron chi connectivity index (χ1n) is 8.76. The molecule has 2 N–H and O–H groups in total. The van der Waals surface area contributed by atoms with Crippen molar-refractivity contribution < 1.29 is 4.42 Å². The second-order valence-corrected chi connectivity index (χ2v) is 6.42. The number of anilines is 2. The predicted octanol–water partition coefficient (Wildman–Crippen LogP) is 4.21. The number of nitrogens with zero attached hydrogens (tertiary/aromatic N) is 1. The van der Waals surface area contributed by atoms with E-state index in [0.717, 1.165) is 47.7 Å². The van der Waals surface area contributed by atoms with E-state index in [9.17, 15) is 4.79 Å². The van der Waals surface area contributed by atoms with E-state index in [1.165, 1.54) is 0 Å². The summed E-state index contributed by atoms with van der Waals surface area (Å²) in [7, 11) is 2.02. The summed E-state index contributed by atoms with van der Waals surface area (Å²) in [6.45, 7) is 1.61. The van der Waals surface area contributed by atoms with Gasteiger partial charge in [0.2, 0.25) is 0 Å². The zero-order chi connectivity index (χ0) is 17.9. The smallest absolute Gasteiger partial charge is 0.196 e. The van der Waals surface area contributed by atoms with Gasteiger partial charge < -0.3 is 19.6 Å². The van der Waals surface area contributed by atoms with Gasteiger partial charge in [0.05, 0.1) is 5.52 Å². The molecule has 0 fully saturated rings. The minimum atomic E-state index is 0.0289. The second-order valence-electron chi connectivity index (χ2n) is 6.42. The summed E-state index contributed by atoms with van der Waals surface area (Å²) in [6.07, 6.45) is 0.919. The third kappa shape index (κ3) is 3.28. The largest absolute Gasteiger partial charge is 0.441 e. The molecule has 26 heavy (non-hydrogen) atoms. The molecule has 0 unspecified atom stereocenters. The van der Waals surface area contributed by atoms with Gasteiger partial charge in [-0.05, 0) is 24.6 Å². The molecule has 4 aromatic rings. The van der Waals surface area contributed by atoms with Gasteiger partial charge >= 0.3 is 0 Å². The number of hydrogen-bond acceptors (Lipinski definition) is 4. The number of benzene rings is 2. The van der Waals surface area contributed by atoms with Crippen LogP contribution in [0.5, 0.6) is 0 Å². The Hall–Kier alpha value is -3.21. The highest BCUT2D eigenvalue weighted by Gasteiger charge is 2.07. The molecule has 0 spiro atoms. The number of nitrogens with one attached hydrogen (secondary N) is 2. The Morgan fingerprint density at radius 1 is 1.08 bits per heavy atom. The first-order valence-corrected chi connectivity index (χ1v) is 8.76. The van der Waals surface area contributed by atoms with Crippen LogP contribution in [-0.2, 0) is 0 Å². The van der Waals surface area contributed by atoms with Crippen LogP contribution in [0.3, 0.4) is 0 Å².